The number of hydrogen-bond donors (Lipinski definition) is 4. The fourth-order valence-electron chi connectivity index (χ4n) is 1.36. The Morgan fingerprint density at radius 1 is 1.42 bits per heavy atom. The number of anilines is 1. The van der Waals surface area contributed by atoms with Crippen LogP contribution in [0.25, 0.3) is 0 Å². The van der Waals surface area contributed by atoms with Crippen LogP contribution in [-0.2, 0) is 4.79 Å². The summed E-state index contributed by atoms with van der Waals surface area (Å²) in [7, 11) is 0. The smallest absolute Gasteiger partial charge is 0.332 e. The summed E-state index contributed by atoms with van der Waals surface area (Å²) in [6, 6.07) is 3.70. The number of aliphatic hydroxyl groups is 1. The van der Waals surface area contributed by atoms with Gasteiger partial charge in [0.25, 0.3) is 0 Å². The summed E-state index contributed by atoms with van der Waals surface area (Å²) < 4.78 is 13.2. The molecular weight excluding hydrogens is 255 g/mol. The molecule has 0 unspecified atom stereocenters. The Morgan fingerprint density at radius 3 is 2.74 bits per heavy atom. The summed E-state index contributed by atoms with van der Waals surface area (Å²) in [5, 5.41) is 22.2. The third kappa shape index (κ3) is 4.55. The second-order valence-corrected chi connectivity index (χ2v) is 3.94. The topological polar surface area (TPSA) is 98.7 Å². The lowest BCUT2D eigenvalue weighted by atomic mass is 10.2. The minimum absolute atomic E-state index is 0.00629. The highest BCUT2D eigenvalue weighted by Gasteiger charge is 2.13. The molecule has 1 aromatic rings. The van der Waals surface area contributed by atoms with E-state index in [4.69, 9.17) is 10.2 Å². The molecule has 0 fully saturated rings. The molecule has 0 bridgehead atoms. The number of benzene rings is 1. The van der Waals surface area contributed by atoms with Gasteiger partial charge < -0.3 is 20.8 Å². The molecule has 0 heterocycles. The molecule has 0 aliphatic carbocycles. The molecule has 0 saturated heterocycles. The van der Waals surface area contributed by atoms with E-state index < -0.39 is 23.9 Å². The predicted octanol–water partition coefficient (Wildman–Crippen LogP) is 1.09. The second kappa shape index (κ2) is 6.69. The highest BCUT2D eigenvalue weighted by Crippen LogP contribution is 2.16. The molecule has 7 heteroatoms. The first-order valence-corrected chi connectivity index (χ1v) is 5.62. The van der Waals surface area contributed by atoms with Crippen LogP contribution >= 0.6 is 0 Å². The molecule has 19 heavy (non-hydrogen) atoms. The quantitative estimate of drug-likeness (QED) is 0.643. The molecule has 2 amide bonds. The van der Waals surface area contributed by atoms with Crippen molar-refractivity contribution in [3.63, 3.8) is 0 Å². The van der Waals surface area contributed by atoms with E-state index in [0.29, 0.717) is 11.3 Å². The van der Waals surface area contributed by atoms with Crippen molar-refractivity contribution >= 4 is 17.7 Å². The van der Waals surface area contributed by atoms with E-state index in [1.54, 1.807) is 6.07 Å². The van der Waals surface area contributed by atoms with Crippen LogP contribution in [0.1, 0.15) is 12.0 Å². The van der Waals surface area contributed by atoms with Crippen LogP contribution in [-0.4, -0.2) is 34.9 Å². The Balaban J connectivity index is 2.43. The zero-order chi connectivity index (χ0) is 14.4. The lowest BCUT2D eigenvalue weighted by Crippen LogP contribution is -2.33. The van der Waals surface area contributed by atoms with Gasteiger partial charge in [0.2, 0.25) is 0 Å². The number of amides is 2. The van der Waals surface area contributed by atoms with Gasteiger partial charge in [0, 0.05) is 24.2 Å². The predicted molar refractivity (Wildman–Crippen MR) is 66.4 cm³/mol. The van der Waals surface area contributed by atoms with Crippen LogP contribution in [0.3, 0.4) is 0 Å². The molecule has 4 N–H and O–H groups in total. The summed E-state index contributed by atoms with van der Waals surface area (Å²) in [6.45, 7) is 1.52. The van der Waals surface area contributed by atoms with Crippen LogP contribution in [0, 0.1) is 12.7 Å². The summed E-state index contributed by atoms with van der Waals surface area (Å²) in [6.07, 6.45) is -1.62. The van der Waals surface area contributed by atoms with Gasteiger partial charge in [0.1, 0.15) is 5.82 Å². The number of nitrogens with one attached hydrogen (secondary N) is 2. The first kappa shape index (κ1) is 14.9. The second-order valence-electron chi connectivity index (χ2n) is 3.94. The third-order valence-corrected chi connectivity index (χ3v) is 2.50. The van der Waals surface area contributed by atoms with Crippen molar-refractivity contribution in [3.05, 3.63) is 29.6 Å². The van der Waals surface area contributed by atoms with E-state index in [1.165, 1.54) is 19.1 Å². The Labute approximate surface area is 109 Å². The van der Waals surface area contributed by atoms with E-state index in [9.17, 15) is 14.0 Å². The number of aliphatic hydroxyl groups excluding tert-OH is 1. The van der Waals surface area contributed by atoms with Gasteiger partial charge >= 0.3 is 12.0 Å². The first-order valence-electron chi connectivity index (χ1n) is 5.62. The van der Waals surface area contributed by atoms with Crippen LogP contribution in [0.15, 0.2) is 18.2 Å². The summed E-state index contributed by atoms with van der Waals surface area (Å²) >= 11 is 0. The van der Waals surface area contributed by atoms with Gasteiger partial charge in [0.05, 0.1) is 0 Å². The molecule has 104 valence electrons. The molecule has 1 aromatic carbocycles. The fourth-order valence-corrected chi connectivity index (χ4v) is 1.36. The molecule has 0 saturated carbocycles. The van der Waals surface area contributed by atoms with Crippen molar-refractivity contribution in [3.8, 4) is 0 Å². The number of carboxylic acids is 1. The van der Waals surface area contributed by atoms with Crippen LogP contribution in [0.2, 0.25) is 0 Å². The Kier molecular flexibility index (Phi) is 5.25. The fraction of sp³-hybridized carbons (Fsp3) is 0.333. The monoisotopic (exact) mass is 270 g/mol. The molecule has 0 aliphatic heterocycles. The van der Waals surface area contributed by atoms with Crippen molar-refractivity contribution in [2.75, 3.05) is 11.9 Å². The highest BCUT2D eigenvalue weighted by atomic mass is 19.1. The number of rotatable bonds is 5. The highest BCUT2D eigenvalue weighted by molar-refractivity contribution is 5.90. The van der Waals surface area contributed by atoms with E-state index in [2.05, 4.69) is 10.6 Å². The molecular formula is C12H15FN2O4. The van der Waals surface area contributed by atoms with Crippen molar-refractivity contribution < 1.29 is 24.2 Å². The zero-order valence-electron chi connectivity index (χ0n) is 10.3. The van der Waals surface area contributed by atoms with Crippen LogP contribution < -0.4 is 10.6 Å². The summed E-state index contributed by atoms with van der Waals surface area (Å²) in [4.78, 5) is 21.8. The largest absolute Gasteiger partial charge is 0.479 e. The lowest BCUT2D eigenvalue weighted by molar-refractivity contribution is -0.146. The average Bonchev–Trinajstić information content (AvgIpc) is 2.34. The lowest BCUT2D eigenvalue weighted by Gasteiger charge is -2.11. The van der Waals surface area contributed by atoms with Crippen molar-refractivity contribution in [2.45, 2.75) is 19.4 Å². The molecule has 0 aliphatic rings. The van der Waals surface area contributed by atoms with E-state index in [1.807, 2.05) is 0 Å². The zero-order valence-corrected chi connectivity index (χ0v) is 10.3. The Morgan fingerprint density at radius 2 is 2.11 bits per heavy atom. The van der Waals surface area contributed by atoms with Crippen LogP contribution in [0.4, 0.5) is 14.9 Å². The van der Waals surface area contributed by atoms with Gasteiger partial charge in [-0.15, -0.1) is 0 Å². The normalized spacial score (nSPS) is 11.7. The summed E-state index contributed by atoms with van der Waals surface area (Å²) in [5.74, 6) is -1.78. The van der Waals surface area contributed by atoms with E-state index in [-0.39, 0.29) is 13.0 Å². The number of carbonyl (C=O) groups is 2. The maximum atomic E-state index is 13.2. The van der Waals surface area contributed by atoms with E-state index in [0.717, 1.165) is 0 Å². The number of urea groups is 1. The van der Waals surface area contributed by atoms with Gasteiger partial charge in [0.15, 0.2) is 6.10 Å². The SMILES string of the molecule is Cc1c(F)cccc1NC(=O)NCC[C@H](O)C(=O)O. The first-order chi connectivity index (χ1) is 8.91. The molecule has 1 atom stereocenters. The summed E-state index contributed by atoms with van der Waals surface area (Å²) in [5.41, 5.74) is 0.638. The van der Waals surface area contributed by atoms with Gasteiger partial charge in [-0.25, -0.2) is 14.0 Å². The van der Waals surface area contributed by atoms with Crippen LogP contribution in [0.5, 0.6) is 0 Å². The third-order valence-electron chi connectivity index (χ3n) is 2.50. The van der Waals surface area contributed by atoms with Crippen molar-refractivity contribution in [1.29, 1.82) is 0 Å². The molecule has 0 aromatic heterocycles. The van der Waals surface area contributed by atoms with Gasteiger partial charge in [-0.3, -0.25) is 0 Å². The number of carboxylic acid groups (broad SMARTS) is 1. The van der Waals surface area contributed by atoms with E-state index >= 15 is 0 Å². The van der Waals surface area contributed by atoms with Gasteiger partial charge in [-0.2, -0.15) is 0 Å². The molecule has 1 rings (SSSR count). The van der Waals surface area contributed by atoms with Crippen molar-refractivity contribution in [1.82, 2.24) is 5.32 Å². The molecule has 0 radical (unpaired) electrons. The average molecular weight is 270 g/mol. The molecule has 0 spiro atoms. The van der Waals surface area contributed by atoms with Gasteiger partial charge in [-0.1, -0.05) is 6.07 Å². The van der Waals surface area contributed by atoms with Gasteiger partial charge in [-0.05, 0) is 19.1 Å². The Bertz CT molecular complexity index is 479. The minimum Gasteiger partial charge on any atom is -0.479 e. The maximum Gasteiger partial charge on any atom is 0.332 e. The standard InChI is InChI=1S/C12H15FN2O4/c1-7-8(13)3-2-4-9(7)15-12(19)14-6-5-10(16)11(17)18/h2-4,10,16H,5-6H2,1H3,(H,17,18)(H2,14,15,19)/t10-/m0/s1. The number of carbonyl (C=O) groups excluding carboxylic acids is 1. The maximum absolute atomic E-state index is 13.2. The number of halogens is 1. The molecule has 6 nitrogen and oxygen atoms in total. The Hall–Kier alpha value is -2.15. The van der Waals surface area contributed by atoms with Crippen molar-refractivity contribution in [2.24, 2.45) is 0 Å². The minimum atomic E-state index is -1.52. The number of hydrogen-bond acceptors (Lipinski definition) is 3. The number of aliphatic carboxylic acids is 1.